The third-order valence-corrected chi connectivity index (χ3v) is 0.648. The molecule has 2 nitrogen and oxygen atoms in total. The first-order valence-corrected chi connectivity index (χ1v) is 1.93. The molecule has 1 radical (unpaired) electrons. The lowest BCUT2D eigenvalue weighted by molar-refractivity contribution is 0.303. The van der Waals surface area contributed by atoms with Gasteiger partial charge in [-0.25, -0.2) is 0 Å². The number of rotatable bonds is 1. The van der Waals surface area contributed by atoms with E-state index in [2.05, 4.69) is 15.4 Å². The van der Waals surface area contributed by atoms with Crippen LogP contribution in [0.5, 0.6) is 5.95 Å². The number of ether oxygens (including phenoxy) is 1. The lowest BCUT2D eigenvalue weighted by Crippen LogP contribution is -1.74. The van der Waals surface area contributed by atoms with E-state index in [-0.39, 0.29) is 0 Å². The van der Waals surface area contributed by atoms with Gasteiger partial charge in [0.1, 0.15) is 0 Å². The van der Waals surface area contributed by atoms with Crippen LogP contribution >= 0.6 is 0 Å². The molecule has 1 aromatic heterocycles. The van der Waals surface area contributed by atoms with Crippen molar-refractivity contribution >= 4 is 0 Å². The number of hydrogen-bond acceptors (Lipinski definition) is 2. The summed E-state index contributed by atoms with van der Waals surface area (Å²) in [5, 5.41) is 0. The summed E-state index contributed by atoms with van der Waals surface area (Å²) in [6, 6.07) is 3.35. The Morgan fingerprint density at radius 2 is 2.71 bits per heavy atom. The zero-order valence-electron chi connectivity index (χ0n) is 3.97. The topological polar surface area (TPSA) is 22.4 Å². The minimum absolute atomic E-state index is 0.500. The van der Waals surface area contributed by atoms with Gasteiger partial charge in [-0.15, -0.1) is 0 Å². The van der Waals surface area contributed by atoms with Gasteiger partial charge in [-0.2, -0.15) is 0 Å². The zero-order valence-corrected chi connectivity index (χ0v) is 3.97. The molecule has 1 aromatic rings. The fourth-order valence-corrected chi connectivity index (χ4v) is 0.338. The van der Waals surface area contributed by atoms with E-state index in [1.54, 1.807) is 19.2 Å². The Labute approximate surface area is 41.7 Å². The quantitative estimate of drug-likeness (QED) is 0.523. The minimum atomic E-state index is 0.500. The van der Waals surface area contributed by atoms with Crippen molar-refractivity contribution in [3.8, 4) is 5.95 Å². The Kier molecular flexibility index (Phi) is 1.02. The average Bonchev–Trinajstić information content (AvgIpc) is 2.14. The maximum absolute atomic E-state index is 4.66. The molecular weight excluding hydrogens is 92.1 g/mol. The lowest BCUT2D eigenvalue weighted by atomic mass is 10.7. The van der Waals surface area contributed by atoms with Crippen molar-refractivity contribution in [2.45, 2.75) is 0 Å². The van der Waals surface area contributed by atoms with Crippen LogP contribution in [0.3, 0.4) is 0 Å². The van der Waals surface area contributed by atoms with Crippen LogP contribution in [0.2, 0.25) is 0 Å². The van der Waals surface area contributed by atoms with Crippen LogP contribution in [0.25, 0.3) is 0 Å². The SMILES string of the molecule is COc1cc[c]o1. The molecule has 0 aromatic carbocycles. The van der Waals surface area contributed by atoms with Crippen molar-refractivity contribution in [2.75, 3.05) is 7.11 Å². The van der Waals surface area contributed by atoms with Crippen LogP contribution in [0.4, 0.5) is 0 Å². The number of methoxy groups -OCH3 is 1. The zero-order chi connectivity index (χ0) is 5.11. The molecule has 0 unspecified atom stereocenters. The van der Waals surface area contributed by atoms with Crippen molar-refractivity contribution in [3.05, 3.63) is 18.4 Å². The molecule has 2 heteroatoms. The van der Waals surface area contributed by atoms with E-state index in [4.69, 9.17) is 0 Å². The Bertz CT molecular complexity index is 121. The van der Waals surface area contributed by atoms with Gasteiger partial charge < -0.3 is 9.15 Å². The second kappa shape index (κ2) is 1.69. The molecule has 37 valence electrons. The summed E-state index contributed by atoms with van der Waals surface area (Å²) in [5.74, 6) is 0.500. The van der Waals surface area contributed by atoms with Gasteiger partial charge in [-0.05, 0) is 6.07 Å². The van der Waals surface area contributed by atoms with Gasteiger partial charge in [-0.1, -0.05) is 0 Å². The fraction of sp³-hybridized carbons (Fsp3) is 0.200. The summed E-state index contributed by atoms with van der Waals surface area (Å²) in [7, 11) is 1.55. The van der Waals surface area contributed by atoms with E-state index in [1.165, 1.54) is 0 Å². The van der Waals surface area contributed by atoms with Crippen molar-refractivity contribution in [1.29, 1.82) is 0 Å². The smallest absolute Gasteiger partial charge is 0.284 e. The fourth-order valence-electron chi connectivity index (χ4n) is 0.338. The summed E-state index contributed by atoms with van der Waals surface area (Å²) in [6.45, 7) is 0. The summed E-state index contributed by atoms with van der Waals surface area (Å²) in [5.41, 5.74) is 0. The van der Waals surface area contributed by atoms with Crippen molar-refractivity contribution in [1.82, 2.24) is 0 Å². The minimum Gasteiger partial charge on any atom is -0.468 e. The maximum atomic E-state index is 4.66. The molecule has 0 saturated heterocycles. The second-order valence-corrected chi connectivity index (χ2v) is 1.08. The monoisotopic (exact) mass is 97.0 g/mol. The van der Waals surface area contributed by atoms with Gasteiger partial charge in [-0.3, -0.25) is 0 Å². The highest BCUT2D eigenvalue weighted by molar-refractivity contribution is 5.02. The third kappa shape index (κ3) is 0.738. The lowest BCUT2D eigenvalue weighted by Gasteiger charge is -1.85. The molecule has 0 aliphatic heterocycles. The number of furan rings is 1. The Morgan fingerprint density at radius 1 is 1.86 bits per heavy atom. The van der Waals surface area contributed by atoms with Crippen LogP contribution in [0.1, 0.15) is 0 Å². The van der Waals surface area contributed by atoms with E-state index in [1.807, 2.05) is 0 Å². The molecule has 0 atom stereocenters. The molecule has 0 saturated carbocycles. The number of hydrogen-bond donors (Lipinski definition) is 0. The molecular formula is C5H5O2. The third-order valence-electron chi connectivity index (χ3n) is 0.648. The molecule has 1 heterocycles. The average molecular weight is 97.1 g/mol. The molecule has 0 aliphatic carbocycles. The molecule has 1 rings (SSSR count). The molecule has 7 heavy (non-hydrogen) atoms. The van der Waals surface area contributed by atoms with Crippen LogP contribution < -0.4 is 4.74 Å². The molecule has 0 aliphatic rings. The van der Waals surface area contributed by atoms with Crippen molar-refractivity contribution in [3.63, 3.8) is 0 Å². The summed E-state index contributed by atoms with van der Waals surface area (Å²) < 4.78 is 9.29. The standard InChI is InChI=1S/C5H5O2/c1-6-5-3-2-4-7-5/h2-3H,1H3. The molecule has 0 spiro atoms. The highest BCUT2D eigenvalue weighted by Crippen LogP contribution is 2.06. The maximum Gasteiger partial charge on any atom is 0.284 e. The van der Waals surface area contributed by atoms with Gasteiger partial charge in [0, 0.05) is 6.07 Å². The summed E-state index contributed by atoms with van der Waals surface area (Å²) in [6.07, 6.45) is 2.48. The first-order valence-electron chi connectivity index (χ1n) is 1.93. The van der Waals surface area contributed by atoms with E-state index in [0.717, 1.165) is 0 Å². The predicted molar refractivity (Wildman–Crippen MR) is 24.1 cm³/mol. The molecule has 0 N–H and O–H groups in total. The van der Waals surface area contributed by atoms with E-state index < -0.39 is 0 Å². The molecule has 0 fully saturated rings. The van der Waals surface area contributed by atoms with Gasteiger partial charge in [0.05, 0.1) is 7.11 Å². The first-order chi connectivity index (χ1) is 3.43. The largest absolute Gasteiger partial charge is 0.468 e. The summed E-state index contributed by atoms with van der Waals surface area (Å²) in [4.78, 5) is 0. The normalized spacial score (nSPS) is 8.71. The Hall–Kier alpha value is -0.920. The highest BCUT2D eigenvalue weighted by Gasteiger charge is 1.86. The van der Waals surface area contributed by atoms with Crippen LogP contribution in [0.15, 0.2) is 16.5 Å². The first kappa shape index (κ1) is 4.24. The van der Waals surface area contributed by atoms with Crippen molar-refractivity contribution < 1.29 is 9.15 Å². The van der Waals surface area contributed by atoms with Gasteiger partial charge >= 0.3 is 0 Å². The molecule has 0 bridgehead atoms. The van der Waals surface area contributed by atoms with Crippen LogP contribution in [0, 0.1) is 6.26 Å². The Morgan fingerprint density at radius 3 is 3.00 bits per heavy atom. The van der Waals surface area contributed by atoms with E-state index >= 15 is 0 Å². The highest BCUT2D eigenvalue weighted by atomic mass is 16.6. The van der Waals surface area contributed by atoms with Crippen LogP contribution in [-0.4, -0.2) is 7.11 Å². The van der Waals surface area contributed by atoms with Crippen molar-refractivity contribution in [2.24, 2.45) is 0 Å². The van der Waals surface area contributed by atoms with Gasteiger partial charge in [0.2, 0.25) is 0 Å². The van der Waals surface area contributed by atoms with Gasteiger partial charge in [0.15, 0.2) is 6.26 Å². The summed E-state index contributed by atoms with van der Waals surface area (Å²) >= 11 is 0. The Balaban J connectivity index is 2.76. The predicted octanol–water partition coefficient (Wildman–Crippen LogP) is 1.09. The van der Waals surface area contributed by atoms with Gasteiger partial charge in [0.25, 0.3) is 5.95 Å². The van der Waals surface area contributed by atoms with Crippen LogP contribution in [-0.2, 0) is 0 Å². The van der Waals surface area contributed by atoms with E-state index in [9.17, 15) is 0 Å². The second-order valence-electron chi connectivity index (χ2n) is 1.08. The van der Waals surface area contributed by atoms with E-state index in [0.29, 0.717) is 5.95 Å². The molecule has 0 amide bonds.